The van der Waals surface area contributed by atoms with Crippen molar-refractivity contribution in [1.82, 2.24) is 15.5 Å². The van der Waals surface area contributed by atoms with E-state index in [2.05, 4.69) is 20.8 Å². The molecule has 1 heterocycles. The molecule has 4 aliphatic rings. The molecule has 2 aromatic carbocycles. The molecule has 6 nitrogen and oxygen atoms in total. The van der Waals surface area contributed by atoms with E-state index in [9.17, 15) is 9.59 Å². The number of hydrogen-bond acceptors (Lipinski definition) is 5. The van der Waals surface area contributed by atoms with Gasteiger partial charge in [0.05, 0.1) is 0 Å². The molecule has 0 saturated heterocycles. The Morgan fingerprint density at radius 1 is 0.944 bits per heavy atom. The molecule has 2 amide bonds. The molecule has 1 aromatic heterocycles. The van der Waals surface area contributed by atoms with Crippen LogP contribution >= 0.6 is 22.9 Å². The van der Waals surface area contributed by atoms with Crippen LogP contribution in [0.5, 0.6) is 0 Å². The standard InChI is InChI=1S/C28H29ClN4O2S/c29-22-8-6-21(7-9-22)25-32-33-27(36-25)31-24(34)23(13-17-4-2-1-3-5-17)30-26(35)28-14-18-10-19(15-28)12-20(11-18)16-28/h1-9,18-20,23H,10-16H2,(H,30,35)(H,31,33,34). The molecule has 4 bridgehead atoms. The molecule has 3 aromatic rings. The normalized spacial score (nSPS) is 27.0. The minimum atomic E-state index is -0.684. The third-order valence-electron chi connectivity index (χ3n) is 8.17. The smallest absolute Gasteiger partial charge is 0.249 e. The van der Waals surface area contributed by atoms with E-state index in [1.165, 1.54) is 30.6 Å². The lowest BCUT2D eigenvalue weighted by Gasteiger charge is -2.55. The lowest BCUT2D eigenvalue weighted by molar-refractivity contribution is -0.148. The summed E-state index contributed by atoms with van der Waals surface area (Å²) in [5.74, 6) is 1.77. The largest absolute Gasteiger partial charge is 0.343 e. The summed E-state index contributed by atoms with van der Waals surface area (Å²) < 4.78 is 0. The van der Waals surface area contributed by atoms with Crippen LogP contribution in [0.2, 0.25) is 5.02 Å². The Morgan fingerprint density at radius 2 is 1.58 bits per heavy atom. The van der Waals surface area contributed by atoms with E-state index in [-0.39, 0.29) is 17.2 Å². The zero-order valence-electron chi connectivity index (χ0n) is 20.0. The molecular weight excluding hydrogens is 492 g/mol. The summed E-state index contributed by atoms with van der Waals surface area (Å²) >= 11 is 7.29. The highest BCUT2D eigenvalue weighted by molar-refractivity contribution is 7.18. The quantitative estimate of drug-likeness (QED) is 0.416. The summed E-state index contributed by atoms with van der Waals surface area (Å²) in [6, 6.07) is 16.5. The molecular formula is C28H29ClN4O2S. The third kappa shape index (κ3) is 4.78. The zero-order valence-corrected chi connectivity index (χ0v) is 21.5. The van der Waals surface area contributed by atoms with Crippen molar-refractivity contribution in [3.63, 3.8) is 0 Å². The average molecular weight is 521 g/mol. The molecule has 7 rings (SSSR count). The molecule has 4 fully saturated rings. The Labute approximate surface area is 219 Å². The molecule has 2 N–H and O–H groups in total. The van der Waals surface area contributed by atoms with Gasteiger partial charge in [-0.25, -0.2) is 0 Å². The molecule has 1 atom stereocenters. The van der Waals surface area contributed by atoms with E-state index >= 15 is 0 Å². The van der Waals surface area contributed by atoms with Crippen molar-refractivity contribution < 1.29 is 9.59 Å². The predicted molar refractivity (Wildman–Crippen MR) is 142 cm³/mol. The molecule has 1 unspecified atom stereocenters. The first kappa shape index (κ1) is 23.6. The van der Waals surface area contributed by atoms with Gasteiger partial charge < -0.3 is 5.32 Å². The van der Waals surface area contributed by atoms with Crippen molar-refractivity contribution in [2.75, 3.05) is 5.32 Å². The second-order valence-electron chi connectivity index (χ2n) is 10.8. The van der Waals surface area contributed by atoms with Crippen LogP contribution in [0, 0.1) is 23.2 Å². The van der Waals surface area contributed by atoms with Crippen molar-refractivity contribution in [3.8, 4) is 10.6 Å². The first-order chi connectivity index (χ1) is 17.5. The van der Waals surface area contributed by atoms with E-state index in [1.54, 1.807) is 12.1 Å². The fourth-order valence-electron chi connectivity index (χ4n) is 6.93. The first-order valence-electron chi connectivity index (χ1n) is 12.7. The maximum atomic E-state index is 13.7. The minimum Gasteiger partial charge on any atom is -0.343 e. The van der Waals surface area contributed by atoms with Crippen LogP contribution in [0.1, 0.15) is 44.1 Å². The number of amides is 2. The lowest BCUT2D eigenvalue weighted by Crippen LogP contribution is -2.57. The summed E-state index contributed by atoms with van der Waals surface area (Å²) in [6.45, 7) is 0. The second kappa shape index (κ2) is 9.60. The van der Waals surface area contributed by atoms with Crippen LogP contribution in [0.4, 0.5) is 5.13 Å². The molecule has 4 saturated carbocycles. The van der Waals surface area contributed by atoms with Gasteiger partial charge in [0.2, 0.25) is 16.9 Å². The molecule has 8 heteroatoms. The topological polar surface area (TPSA) is 84.0 Å². The molecule has 0 radical (unpaired) electrons. The van der Waals surface area contributed by atoms with Crippen LogP contribution in [-0.4, -0.2) is 28.1 Å². The first-order valence-corrected chi connectivity index (χ1v) is 13.9. The van der Waals surface area contributed by atoms with Gasteiger partial charge in [-0.3, -0.25) is 14.9 Å². The summed E-state index contributed by atoms with van der Waals surface area (Å²) in [4.78, 5) is 27.2. The van der Waals surface area contributed by atoms with Crippen LogP contribution in [0.15, 0.2) is 54.6 Å². The number of carbonyl (C=O) groups excluding carboxylic acids is 2. The molecule has 4 aliphatic carbocycles. The van der Waals surface area contributed by atoms with Crippen molar-refractivity contribution >= 4 is 39.9 Å². The number of halogens is 1. The fraction of sp³-hybridized carbons (Fsp3) is 0.429. The van der Waals surface area contributed by atoms with Crippen molar-refractivity contribution in [2.45, 2.75) is 51.0 Å². The van der Waals surface area contributed by atoms with Gasteiger partial charge in [-0.15, -0.1) is 10.2 Å². The maximum absolute atomic E-state index is 13.7. The van der Waals surface area contributed by atoms with Gasteiger partial charge in [0.25, 0.3) is 0 Å². The van der Waals surface area contributed by atoms with Gasteiger partial charge in [-0.1, -0.05) is 65.4 Å². The number of benzene rings is 2. The van der Waals surface area contributed by atoms with Gasteiger partial charge >= 0.3 is 0 Å². The Balaban J connectivity index is 1.20. The molecule has 0 spiro atoms. The maximum Gasteiger partial charge on any atom is 0.249 e. The van der Waals surface area contributed by atoms with Crippen molar-refractivity contribution in [2.24, 2.45) is 23.2 Å². The second-order valence-corrected chi connectivity index (χ2v) is 12.2. The number of aromatic nitrogens is 2. The highest BCUT2D eigenvalue weighted by Gasteiger charge is 2.55. The van der Waals surface area contributed by atoms with Crippen molar-refractivity contribution in [1.29, 1.82) is 0 Å². The molecule has 0 aliphatic heterocycles. The number of hydrogen-bond donors (Lipinski definition) is 2. The Kier molecular flexibility index (Phi) is 6.30. The van der Waals surface area contributed by atoms with E-state index in [0.717, 1.165) is 30.4 Å². The minimum absolute atomic E-state index is 0.0526. The Morgan fingerprint density at radius 3 is 2.22 bits per heavy atom. The monoisotopic (exact) mass is 520 g/mol. The molecule has 36 heavy (non-hydrogen) atoms. The van der Waals surface area contributed by atoms with Crippen molar-refractivity contribution in [3.05, 3.63) is 65.2 Å². The lowest BCUT2D eigenvalue weighted by atomic mass is 9.49. The van der Waals surface area contributed by atoms with E-state index in [4.69, 9.17) is 11.6 Å². The highest BCUT2D eigenvalue weighted by Crippen LogP contribution is 2.60. The summed E-state index contributed by atoms with van der Waals surface area (Å²) in [7, 11) is 0. The number of nitrogens with one attached hydrogen (secondary N) is 2. The van der Waals surface area contributed by atoms with Gasteiger partial charge in [0.15, 0.2) is 0 Å². The molecule has 186 valence electrons. The van der Waals surface area contributed by atoms with Crippen LogP contribution < -0.4 is 10.6 Å². The van der Waals surface area contributed by atoms with E-state index in [0.29, 0.717) is 39.3 Å². The van der Waals surface area contributed by atoms with Gasteiger partial charge in [0.1, 0.15) is 11.0 Å². The number of rotatable bonds is 7. The predicted octanol–water partition coefficient (Wildman–Crippen LogP) is 5.74. The van der Waals surface area contributed by atoms with Gasteiger partial charge in [-0.2, -0.15) is 0 Å². The SMILES string of the molecule is O=C(Nc1nnc(-c2ccc(Cl)cc2)s1)C(Cc1ccccc1)NC(=O)C12CC3CC(CC(C3)C1)C2. The van der Waals surface area contributed by atoms with Crippen LogP contribution in [0.3, 0.4) is 0 Å². The van der Waals surface area contributed by atoms with E-state index in [1.807, 2.05) is 42.5 Å². The van der Waals surface area contributed by atoms with Gasteiger partial charge in [0, 0.05) is 22.4 Å². The summed E-state index contributed by atoms with van der Waals surface area (Å²) in [6.07, 6.45) is 7.13. The highest BCUT2D eigenvalue weighted by atomic mass is 35.5. The Hall–Kier alpha value is -2.77. The van der Waals surface area contributed by atoms with Gasteiger partial charge in [-0.05, 0) is 74.0 Å². The zero-order chi connectivity index (χ0) is 24.7. The number of nitrogens with zero attached hydrogens (tertiary/aromatic N) is 2. The van der Waals surface area contributed by atoms with E-state index < -0.39 is 6.04 Å². The Bertz CT molecular complexity index is 1220. The summed E-state index contributed by atoms with van der Waals surface area (Å²) in [5.41, 5.74) is 1.57. The number of anilines is 1. The van der Waals surface area contributed by atoms with Crippen LogP contribution in [-0.2, 0) is 16.0 Å². The van der Waals surface area contributed by atoms with Crippen LogP contribution in [0.25, 0.3) is 10.6 Å². The number of carbonyl (C=O) groups is 2. The fourth-order valence-corrected chi connectivity index (χ4v) is 7.81. The average Bonchev–Trinajstić information content (AvgIpc) is 3.32. The third-order valence-corrected chi connectivity index (χ3v) is 9.31. The summed E-state index contributed by atoms with van der Waals surface area (Å²) in [5, 5.41) is 16.2.